The molecule has 0 radical (unpaired) electrons. The number of carbonyl (C=O) groups is 1. The highest BCUT2D eigenvalue weighted by molar-refractivity contribution is 6.11. The van der Waals surface area contributed by atoms with Gasteiger partial charge < -0.3 is 26.9 Å². The van der Waals surface area contributed by atoms with Crippen LogP contribution in [0.4, 0.5) is 17.1 Å². The van der Waals surface area contributed by atoms with E-state index in [0.29, 0.717) is 33.7 Å². The molecule has 0 atom stereocenters. The zero-order valence-electron chi connectivity index (χ0n) is 14.0. The van der Waals surface area contributed by atoms with Crippen molar-refractivity contribution in [3.05, 3.63) is 54.5 Å². The van der Waals surface area contributed by atoms with Gasteiger partial charge in [-0.05, 0) is 36.4 Å². The predicted octanol–water partition coefficient (Wildman–Crippen LogP) is 2.15. The highest BCUT2D eigenvalue weighted by atomic mass is 16.3. The van der Waals surface area contributed by atoms with Crippen LogP contribution < -0.4 is 16.8 Å². The number of H-pyrrole nitrogens is 1. The number of aromatic amines is 1. The number of amides is 1. The summed E-state index contributed by atoms with van der Waals surface area (Å²) < 4.78 is 0. The van der Waals surface area contributed by atoms with Crippen molar-refractivity contribution in [2.24, 2.45) is 5.73 Å². The summed E-state index contributed by atoms with van der Waals surface area (Å²) in [6, 6.07) is 9.92. The second-order valence-electron chi connectivity index (χ2n) is 5.83. The first-order chi connectivity index (χ1) is 13.0. The fraction of sp³-hybridized carbons (Fsp3) is 0. The van der Waals surface area contributed by atoms with E-state index >= 15 is 0 Å². The van der Waals surface area contributed by atoms with Crippen LogP contribution in [-0.4, -0.2) is 31.2 Å². The molecule has 0 fully saturated rings. The third kappa shape index (κ3) is 2.86. The molecule has 0 aliphatic heterocycles. The highest BCUT2D eigenvalue weighted by Gasteiger charge is 2.23. The molecule has 0 aliphatic rings. The first-order valence-electron chi connectivity index (χ1n) is 7.99. The minimum Gasteiger partial charge on any atom is -0.508 e. The predicted molar refractivity (Wildman–Crippen MR) is 101 cm³/mol. The third-order valence-corrected chi connectivity index (χ3v) is 4.05. The molecule has 3 aromatic heterocycles. The summed E-state index contributed by atoms with van der Waals surface area (Å²) in [6.07, 6.45) is 3.27. The van der Waals surface area contributed by atoms with Crippen LogP contribution in [0, 0.1) is 0 Å². The van der Waals surface area contributed by atoms with Gasteiger partial charge in [-0.1, -0.05) is 0 Å². The highest BCUT2D eigenvalue weighted by Crippen LogP contribution is 2.37. The maximum atomic E-state index is 12.0. The summed E-state index contributed by atoms with van der Waals surface area (Å²) in [4.78, 5) is 19.3. The lowest BCUT2D eigenvalue weighted by molar-refractivity contribution is 0.0995. The number of hydrogen-bond acceptors (Lipinski definition) is 7. The molecular formula is C18H15N7O2. The summed E-state index contributed by atoms with van der Waals surface area (Å²) in [5.41, 5.74) is 14.5. The van der Waals surface area contributed by atoms with Gasteiger partial charge >= 0.3 is 0 Å². The standard InChI is InChI=1S/C18H15N7O2/c19-11-2-1-7-21-15(11)14-13-12(23-9-3-5-10(26)6-4-9)8-22-18(13)25-24-16(14)17(20)27/h1-8,23,26H,19H2,(H2,20,27)(H,22,25). The Kier molecular flexibility index (Phi) is 3.81. The number of phenolic OH excluding ortho intramolecular Hbond substituents is 1. The molecule has 9 heteroatoms. The normalized spacial score (nSPS) is 10.8. The molecule has 7 N–H and O–H groups in total. The van der Waals surface area contributed by atoms with Crippen molar-refractivity contribution in [2.45, 2.75) is 0 Å². The molecule has 0 aliphatic carbocycles. The summed E-state index contributed by atoms with van der Waals surface area (Å²) in [5.74, 6) is -0.579. The monoisotopic (exact) mass is 361 g/mol. The van der Waals surface area contributed by atoms with Crippen molar-refractivity contribution in [1.82, 2.24) is 20.2 Å². The summed E-state index contributed by atoms with van der Waals surface area (Å²) in [7, 11) is 0. The number of aromatic nitrogens is 4. The van der Waals surface area contributed by atoms with Crippen molar-refractivity contribution in [3.63, 3.8) is 0 Å². The average molecular weight is 361 g/mol. The fourth-order valence-electron chi connectivity index (χ4n) is 2.84. The molecule has 0 unspecified atom stereocenters. The molecule has 0 saturated heterocycles. The van der Waals surface area contributed by atoms with E-state index in [2.05, 4.69) is 25.5 Å². The molecule has 0 bridgehead atoms. The number of rotatable bonds is 4. The number of phenols is 1. The van der Waals surface area contributed by atoms with Crippen molar-refractivity contribution in [1.29, 1.82) is 0 Å². The summed E-state index contributed by atoms with van der Waals surface area (Å²) in [6.45, 7) is 0. The number of nitrogen functional groups attached to an aromatic ring is 1. The van der Waals surface area contributed by atoms with Gasteiger partial charge in [0.1, 0.15) is 5.75 Å². The molecule has 134 valence electrons. The van der Waals surface area contributed by atoms with Gasteiger partial charge in [0.05, 0.1) is 22.5 Å². The van der Waals surface area contributed by atoms with Crippen LogP contribution in [0.3, 0.4) is 0 Å². The van der Waals surface area contributed by atoms with Gasteiger partial charge in [-0.25, -0.2) is 0 Å². The van der Waals surface area contributed by atoms with Crippen molar-refractivity contribution in [3.8, 4) is 17.0 Å². The molecule has 4 aromatic rings. The number of nitrogens with zero attached hydrogens (tertiary/aromatic N) is 3. The number of anilines is 3. The molecular weight excluding hydrogens is 346 g/mol. The molecule has 1 aromatic carbocycles. The number of primary amides is 1. The zero-order valence-corrected chi connectivity index (χ0v) is 14.0. The van der Waals surface area contributed by atoms with Crippen molar-refractivity contribution < 1.29 is 9.90 Å². The SMILES string of the molecule is NC(=O)c1nnc2[nH]cc(Nc3ccc(O)cc3)c2c1-c1ncccc1N. The molecule has 0 saturated carbocycles. The van der Waals surface area contributed by atoms with E-state index in [-0.39, 0.29) is 11.4 Å². The number of nitrogens with one attached hydrogen (secondary N) is 2. The van der Waals surface area contributed by atoms with Gasteiger partial charge in [0.15, 0.2) is 11.3 Å². The number of benzene rings is 1. The van der Waals surface area contributed by atoms with Gasteiger partial charge in [-0.15, -0.1) is 10.2 Å². The first kappa shape index (κ1) is 16.3. The van der Waals surface area contributed by atoms with Gasteiger partial charge in [0.25, 0.3) is 5.91 Å². The van der Waals surface area contributed by atoms with Crippen LogP contribution in [0.1, 0.15) is 10.5 Å². The van der Waals surface area contributed by atoms with Crippen molar-refractivity contribution >= 4 is 34.0 Å². The fourth-order valence-corrected chi connectivity index (χ4v) is 2.84. The number of carbonyl (C=O) groups excluding carboxylic acids is 1. The van der Waals surface area contributed by atoms with E-state index in [9.17, 15) is 9.90 Å². The van der Waals surface area contributed by atoms with Gasteiger partial charge in [0.2, 0.25) is 0 Å². The minimum absolute atomic E-state index is 0.0266. The number of fused-ring (bicyclic) bond motifs is 1. The molecule has 3 heterocycles. The second kappa shape index (κ2) is 6.30. The Bertz CT molecular complexity index is 1150. The minimum atomic E-state index is -0.735. The Hall–Kier alpha value is -4.14. The number of nitrogens with two attached hydrogens (primary N) is 2. The Balaban J connectivity index is 1.97. The Morgan fingerprint density at radius 2 is 1.93 bits per heavy atom. The van der Waals surface area contributed by atoms with Crippen LogP contribution in [0.2, 0.25) is 0 Å². The maximum Gasteiger partial charge on any atom is 0.269 e. The van der Waals surface area contributed by atoms with Crippen LogP contribution in [0.25, 0.3) is 22.3 Å². The van der Waals surface area contributed by atoms with E-state index in [1.54, 1.807) is 48.8 Å². The maximum absolute atomic E-state index is 12.0. The number of hydrogen-bond donors (Lipinski definition) is 5. The van der Waals surface area contributed by atoms with Crippen LogP contribution >= 0.6 is 0 Å². The molecule has 0 spiro atoms. The van der Waals surface area contributed by atoms with E-state index in [1.807, 2.05) is 0 Å². The average Bonchev–Trinajstić information content (AvgIpc) is 3.06. The van der Waals surface area contributed by atoms with Gasteiger partial charge in [-0.2, -0.15) is 0 Å². The van der Waals surface area contributed by atoms with Gasteiger partial charge in [0, 0.05) is 23.6 Å². The lowest BCUT2D eigenvalue weighted by atomic mass is 10.0. The zero-order chi connectivity index (χ0) is 19.0. The number of pyridine rings is 1. The molecule has 27 heavy (non-hydrogen) atoms. The van der Waals surface area contributed by atoms with Gasteiger partial charge in [-0.3, -0.25) is 9.78 Å². The second-order valence-corrected chi connectivity index (χ2v) is 5.83. The van der Waals surface area contributed by atoms with Crippen LogP contribution in [-0.2, 0) is 0 Å². The van der Waals surface area contributed by atoms with Crippen molar-refractivity contribution in [2.75, 3.05) is 11.1 Å². The van der Waals surface area contributed by atoms with E-state index in [0.717, 1.165) is 5.69 Å². The Labute approximate surface area is 153 Å². The Morgan fingerprint density at radius 1 is 1.15 bits per heavy atom. The Morgan fingerprint density at radius 3 is 2.63 bits per heavy atom. The van der Waals surface area contributed by atoms with E-state index in [1.165, 1.54) is 0 Å². The quantitative estimate of drug-likeness (QED) is 0.349. The molecule has 9 nitrogen and oxygen atoms in total. The number of aromatic hydroxyl groups is 1. The summed E-state index contributed by atoms with van der Waals surface area (Å²) in [5, 5.41) is 21.2. The lowest BCUT2D eigenvalue weighted by Crippen LogP contribution is -2.16. The molecule has 4 rings (SSSR count). The molecule has 1 amide bonds. The first-order valence-corrected chi connectivity index (χ1v) is 7.99. The topological polar surface area (TPSA) is 156 Å². The summed E-state index contributed by atoms with van der Waals surface area (Å²) >= 11 is 0. The third-order valence-electron chi connectivity index (χ3n) is 4.05. The lowest BCUT2D eigenvalue weighted by Gasteiger charge is -2.11. The van der Waals surface area contributed by atoms with E-state index in [4.69, 9.17) is 11.5 Å². The largest absolute Gasteiger partial charge is 0.508 e. The van der Waals surface area contributed by atoms with Crippen LogP contribution in [0.5, 0.6) is 5.75 Å². The van der Waals surface area contributed by atoms with Crippen LogP contribution in [0.15, 0.2) is 48.8 Å². The van der Waals surface area contributed by atoms with E-state index < -0.39 is 5.91 Å². The smallest absolute Gasteiger partial charge is 0.269 e.